The van der Waals surface area contributed by atoms with Crippen LogP contribution in [0.4, 0.5) is 10.3 Å². The van der Waals surface area contributed by atoms with Crippen LogP contribution in [0.25, 0.3) is 33.1 Å². The van der Waals surface area contributed by atoms with Crippen LogP contribution in [0.1, 0.15) is 6.42 Å². The van der Waals surface area contributed by atoms with Gasteiger partial charge in [0.05, 0.1) is 28.7 Å². The molecule has 1 unspecified atom stereocenters. The molecule has 2 aromatic heterocycles. The third-order valence-electron chi connectivity index (χ3n) is 4.79. The van der Waals surface area contributed by atoms with Gasteiger partial charge in [0.25, 0.3) is 5.56 Å². The first kappa shape index (κ1) is 20.9. The highest BCUT2D eigenvalue weighted by atomic mass is 19.1. The molecule has 9 nitrogen and oxygen atoms in total. The number of aliphatic hydroxyl groups is 1. The van der Waals surface area contributed by atoms with E-state index in [0.717, 1.165) is 18.5 Å². The van der Waals surface area contributed by atoms with E-state index in [0.29, 0.717) is 40.1 Å². The number of aliphatic hydroxyl groups excluding tert-OH is 1. The Morgan fingerprint density at radius 2 is 2.06 bits per heavy atom. The molecule has 0 aliphatic carbocycles. The Morgan fingerprint density at radius 1 is 1.23 bits per heavy atom. The van der Waals surface area contributed by atoms with Crippen molar-refractivity contribution >= 4 is 27.8 Å². The van der Waals surface area contributed by atoms with Gasteiger partial charge in [-0.3, -0.25) is 4.79 Å². The average molecular weight is 426 g/mol. The smallest absolute Gasteiger partial charge is 0.272 e. The zero-order valence-electron chi connectivity index (χ0n) is 17.1. The van der Waals surface area contributed by atoms with Crippen molar-refractivity contribution in [1.29, 1.82) is 0 Å². The Kier molecular flexibility index (Phi) is 5.94. The molecule has 2 aromatic carbocycles. The fraction of sp³-hybridized carbons (Fsp3) is 0.286. The predicted molar refractivity (Wildman–Crippen MR) is 116 cm³/mol. The van der Waals surface area contributed by atoms with Crippen LogP contribution in [0.2, 0.25) is 0 Å². The standard InChI is InChI=1S/C21H23FN6O3/c1-28(2)8-3-9-31-21(30)25-20-23-16-7-4-12(10-17(16)24-20)18-15-11-13(22)5-6-14(15)19(29)27-26-18/h4-7,10-11,21,30H,3,8-9H2,1-2H3,(H,27,29)(H2,23,24,25). The van der Waals surface area contributed by atoms with Gasteiger partial charge >= 0.3 is 0 Å². The van der Waals surface area contributed by atoms with Crippen LogP contribution in [0.3, 0.4) is 0 Å². The molecule has 1 atom stereocenters. The van der Waals surface area contributed by atoms with Crippen molar-refractivity contribution in [1.82, 2.24) is 25.1 Å². The summed E-state index contributed by atoms with van der Waals surface area (Å²) >= 11 is 0. The second kappa shape index (κ2) is 8.80. The molecule has 0 spiro atoms. The van der Waals surface area contributed by atoms with Crippen LogP contribution in [0, 0.1) is 5.82 Å². The summed E-state index contributed by atoms with van der Waals surface area (Å²) in [5.41, 5.74) is 2.06. The first-order valence-electron chi connectivity index (χ1n) is 9.80. The Bertz CT molecular complexity index is 1270. The molecule has 31 heavy (non-hydrogen) atoms. The number of aromatic nitrogens is 4. The maximum Gasteiger partial charge on any atom is 0.272 e. The van der Waals surface area contributed by atoms with Gasteiger partial charge in [0.1, 0.15) is 5.82 Å². The molecule has 0 saturated heterocycles. The monoisotopic (exact) mass is 426 g/mol. The highest BCUT2D eigenvalue weighted by Gasteiger charge is 2.13. The molecular formula is C21H23FN6O3. The van der Waals surface area contributed by atoms with Crippen LogP contribution < -0.4 is 10.9 Å². The topological polar surface area (TPSA) is 119 Å². The number of H-pyrrole nitrogens is 2. The molecule has 4 N–H and O–H groups in total. The number of ether oxygens (including phenoxy) is 1. The minimum absolute atomic E-state index is 0.345. The summed E-state index contributed by atoms with van der Waals surface area (Å²) in [7, 11) is 3.94. The molecule has 10 heteroatoms. The lowest BCUT2D eigenvalue weighted by atomic mass is 10.0. The zero-order chi connectivity index (χ0) is 22.0. The lowest BCUT2D eigenvalue weighted by Crippen LogP contribution is -2.25. The van der Waals surface area contributed by atoms with Crippen LogP contribution in [0.15, 0.2) is 41.2 Å². The van der Waals surface area contributed by atoms with Gasteiger partial charge in [0.2, 0.25) is 12.4 Å². The van der Waals surface area contributed by atoms with Crippen molar-refractivity contribution < 1.29 is 14.2 Å². The summed E-state index contributed by atoms with van der Waals surface area (Å²) in [5, 5.41) is 20.1. The van der Waals surface area contributed by atoms with E-state index in [1.807, 2.05) is 19.0 Å². The second-order valence-electron chi connectivity index (χ2n) is 7.43. The van der Waals surface area contributed by atoms with Crippen molar-refractivity contribution in [3.05, 3.63) is 52.6 Å². The highest BCUT2D eigenvalue weighted by Crippen LogP contribution is 2.27. The average Bonchev–Trinajstić information content (AvgIpc) is 3.12. The van der Waals surface area contributed by atoms with Gasteiger partial charge in [-0.2, -0.15) is 5.10 Å². The van der Waals surface area contributed by atoms with Gasteiger partial charge < -0.3 is 25.0 Å². The van der Waals surface area contributed by atoms with Gasteiger partial charge in [0, 0.05) is 10.9 Å². The van der Waals surface area contributed by atoms with Gasteiger partial charge in [-0.25, -0.2) is 14.5 Å². The number of rotatable bonds is 8. The quantitative estimate of drug-likeness (QED) is 0.252. The van der Waals surface area contributed by atoms with Crippen molar-refractivity contribution in [2.45, 2.75) is 12.8 Å². The number of hydrogen-bond acceptors (Lipinski definition) is 7. The van der Waals surface area contributed by atoms with E-state index in [9.17, 15) is 14.3 Å². The molecular weight excluding hydrogens is 403 g/mol. The minimum atomic E-state index is -1.20. The Hall–Kier alpha value is -3.34. The lowest BCUT2D eigenvalue weighted by Gasteiger charge is -2.14. The van der Waals surface area contributed by atoms with Gasteiger partial charge in [0.15, 0.2) is 0 Å². The molecule has 0 amide bonds. The summed E-state index contributed by atoms with van der Waals surface area (Å²) in [6, 6.07) is 9.33. The van der Waals surface area contributed by atoms with Crippen molar-refractivity contribution in [3.8, 4) is 11.3 Å². The van der Waals surface area contributed by atoms with Crippen molar-refractivity contribution in [2.24, 2.45) is 0 Å². The van der Waals surface area contributed by atoms with Gasteiger partial charge in [-0.15, -0.1) is 0 Å². The zero-order valence-corrected chi connectivity index (χ0v) is 17.1. The number of hydrogen-bond donors (Lipinski definition) is 4. The van der Waals surface area contributed by atoms with Crippen molar-refractivity contribution in [3.63, 3.8) is 0 Å². The number of benzene rings is 2. The maximum atomic E-state index is 13.8. The van der Waals surface area contributed by atoms with Crippen LogP contribution in [0.5, 0.6) is 0 Å². The fourth-order valence-corrected chi connectivity index (χ4v) is 3.31. The number of nitrogens with zero attached hydrogens (tertiary/aromatic N) is 3. The first-order chi connectivity index (χ1) is 14.9. The van der Waals surface area contributed by atoms with Gasteiger partial charge in [-0.1, -0.05) is 6.07 Å². The SMILES string of the molecule is CN(C)CCCOC(O)Nc1nc2cc(-c3n[nH]c(=O)c4ccc(F)cc34)ccc2[nH]1. The first-order valence-corrected chi connectivity index (χ1v) is 9.80. The normalized spacial score (nSPS) is 12.7. The number of imidazole rings is 1. The summed E-state index contributed by atoms with van der Waals surface area (Å²) in [6.07, 6.45) is -0.411. The van der Waals surface area contributed by atoms with E-state index in [4.69, 9.17) is 4.74 Å². The number of nitrogens with one attached hydrogen (secondary N) is 3. The molecule has 0 fully saturated rings. The van der Waals surface area contributed by atoms with E-state index in [1.165, 1.54) is 18.2 Å². The van der Waals surface area contributed by atoms with E-state index >= 15 is 0 Å². The van der Waals surface area contributed by atoms with E-state index in [-0.39, 0.29) is 5.56 Å². The fourth-order valence-electron chi connectivity index (χ4n) is 3.31. The number of aromatic amines is 2. The molecule has 4 aromatic rings. The largest absolute Gasteiger partial charge is 0.351 e. The highest BCUT2D eigenvalue weighted by molar-refractivity contribution is 5.95. The number of halogens is 1. The van der Waals surface area contributed by atoms with Crippen molar-refractivity contribution in [2.75, 3.05) is 32.6 Å². The summed E-state index contributed by atoms with van der Waals surface area (Å²) in [5.74, 6) is -0.106. The van der Waals surface area contributed by atoms with Crippen LogP contribution in [-0.2, 0) is 4.74 Å². The summed E-state index contributed by atoms with van der Waals surface area (Å²) in [4.78, 5) is 21.5. The number of fused-ring (bicyclic) bond motifs is 2. The molecule has 0 saturated carbocycles. The molecule has 162 valence electrons. The molecule has 0 aliphatic rings. The maximum absolute atomic E-state index is 13.8. The molecule has 4 rings (SSSR count). The predicted octanol–water partition coefficient (Wildman–Crippen LogP) is 2.26. The van der Waals surface area contributed by atoms with E-state index < -0.39 is 12.2 Å². The Balaban J connectivity index is 1.56. The van der Waals surface area contributed by atoms with Crippen LogP contribution >= 0.6 is 0 Å². The lowest BCUT2D eigenvalue weighted by molar-refractivity contribution is -0.0798. The summed E-state index contributed by atoms with van der Waals surface area (Å²) in [6.45, 7) is 1.26. The Labute approximate surface area is 176 Å². The Morgan fingerprint density at radius 3 is 2.87 bits per heavy atom. The third-order valence-corrected chi connectivity index (χ3v) is 4.79. The summed E-state index contributed by atoms with van der Waals surface area (Å²) < 4.78 is 19.1. The minimum Gasteiger partial charge on any atom is -0.351 e. The second-order valence-corrected chi connectivity index (χ2v) is 7.43. The molecule has 0 radical (unpaired) electrons. The number of anilines is 1. The van der Waals surface area contributed by atoms with Crippen LogP contribution in [-0.4, -0.2) is 63.8 Å². The molecule has 0 bridgehead atoms. The van der Waals surface area contributed by atoms with Gasteiger partial charge in [-0.05, 0) is 57.4 Å². The van der Waals surface area contributed by atoms with E-state index in [2.05, 4.69) is 25.5 Å². The third kappa shape index (κ3) is 4.71. The molecule has 2 heterocycles. The molecule has 0 aliphatic heterocycles. The van der Waals surface area contributed by atoms with E-state index in [1.54, 1.807) is 18.2 Å².